The van der Waals surface area contributed by atoms with Crippen molar-refractivity contribution >= 4 is 82.0 Å². The van der Waals surface area contributed by atoms with E-state index >= 15 is 0 Å². The molecule has 13 aromatic rings. The van der Waals surface area contributed by atoms with Crippen LogP contribution in [-0.4, -0.2) is 18.9 Å². The predicted octanol–water partition coefficient (Wildman–Crippen LogP) is 13.6. The Labute approximate surface area is 325 Å². The van der Waals surface area contributed by atoms with E-state index in [1.165, 1.54) is 60.2 Å². The van der Waals surface area contributed by atoms with Crippen LogP contribution in [0, 0.1) is 0 Å². The van der Waals surface area contributed by atoms with Gasteiger partial charge in [0, 0.05) is 43.3 Å². The highest BCUT2D eigenvalue weighted by atomic mass is 16.3. The Bertz CT molecular complexity index is 3730. The highest BCUT2D eigenvalue weighted by molar-refractivity contribution is 6.35. The molecular weight excluding hydrogens is 697 g/mol. The van der Waals surface area contributed by atoms with E-state index < -0.39 is 0 Å². The van der Waals surface area contributed by atoms with E-state index in [0.29, 0.717) is 11.5 Å². The third-order valence-corrected chi connectivity index (χ3v) is 11.9. The zero-order valence-electron chi connectivity index (χ0n) is 30.5. The summed E-state index contributed by atoms with van der Waals surface area (Å²) >= 11 is 0. The van der Waals surface area contributed by atoms with Crippen molar-refractivity contribution in [1.82, 2.24) is 18.9 Å². The molecule has 264 valence electrons. The van der Waals surface area contributed by atoms with Crippen LogP contribution in [0.4, 0.5) is 0 Å². The van der Waals surface area contributed by atoms with Crippen molar-refractivity contribution in [3.63, 3.8) is 0 Å². The van der Waals surface area contributed by atoms with Gasteiger partial charge >= 0.3 is 0 Å². The quantitative estimate of drug-likeness (QED) is 0.181. The average molecular weight is 727 g/mol. The van der Waals surface area contributed by atoms with Crippen LogP contribution in [0.15, 0.2) is 186 Å². The average Bonchev–Trinajstić information content (AvgIpc) is 4.02. The van der Waals surface area contributed by atoms with E-state index in [1.807, 2.05) is 24.3 Å². The van der Waals surface area contributed by atoms with Crippen molar-refractivity contribution in [2.75, 3.05) is 0 Å². The molecule has 0 aliphatic heterocycles. The lowest BCUT2D eigenvalue weighted by Crippen LogP contribution is -2.03. The SMILES string of the molecule is c1ccc(-c2ccc(-c3nc(-n4c5ccccc5c5c6c7ccccc7n7c8ccc(-c9ccccc9)cc8c(cc54)c67)nc4c3oc3ccccc34)cc2)cc1. The van der Waals surface area contributed by atoms with E-state index in [4.69, 9.17) is 14.4 Å². The van der Waals surface area contributed by atoms with E-state index in [0.717, 1.165) is 49.7 Å². The second-order valence-electron chi connectivity index (χ2n) is 14.9. The van der Waals surface area contributed by atoms with Gasteiger partial charge in [0.05, 0.1) is 27.6 Å². The van der Waals surface area contributed by atoms with Gasteiger partial charge in [0.1, 0.15) is 16.8 Å². The molecule has 0 aliphatic rings. The molecule has 8 aromatic carbocycles. The maximum Gasteiger partial charge on any atom is 0.236 e. The lowest BCUT2D eigenvalue weighted by atomic mass is 10.00. The van der Waals surface area contributed by atoms with Crippen molar-refractivity contribution in [3.8, 4) is 39.5 Å². The number of aromatic nitrogens is 4. The molecule has 0 amide bonds. The first-order valence-corrected chi connectivity index (χ1v) is 19.3. The first-order valence-electron chi connectivity index (χ1n) is 19.3. The Balaban J connectivity index is 1.16. The molecule has 5 nitrogen and oxygen atoms in total. The number of nitrogens with zero attached hydrogens (tertiary/aromatic N) is 4. The van der Waals surface area contributed by atoms with Crippen molar-refractivity contribution in [2.24, 2.45) is 0 Å². The number of furan rings is 1. The van der Waals surface area contributed by atoms with Crippen molar-refractivity contribution < 1.29 is 4.42 Å². The maximum absolute atomic E-state index is 6.59. The fraction of sp³-hybridized carbons (Fsp3) is 0. The van der Waals surface area contributed by atoms with Crippen LogP contribution in [0.25, 0.3) is 121 Å². The van der Waals surface area contributed by atoms with Gasteiger partial charge in [0.2, 0.25) is 5.95 Å². The number of rotatable bonds is 4. The van der Waals surface area contributed by atoms with Crippen LogP contribution in [0.1, 0.15) is 0 Å². The predicted molar refractivity (Wildman–Crippen MR) is 235 cm³/mol. The summed E-state index contributed by atoms with van der Waals surface area (Å²) in [6.45, 7) is 0. The standard InChI is InChI=1S/C52H30N4O/c1-3-13-31(14-4-1)33-23-25-34(26-24-33)48-51-49(38-19-9-12-22-45(38)57-51)54-52(53-48)56-42-21-11-7-17-36(42)46-44(56)30-40-39-29-35(32-15-5-2-6-16-32)27-28-43(39)55-41-20-10-8-18-37(41)47(46)50(40)55/h1-30H. The zero-order valence-corrected chi connectivity index (χ0v) is 30.5. The molecule has 0 N–H and O–H groups in total. The minimum atomic E-state index is 0.605. The lowest BCUT2D eigenvalue weighted by Gasteiger charge is -2.10. The van der Waals surface area contributed by atoms with Gasteiger partial charge in [-0.1, -0.05) is 140 Å². The lowest BCUT2D eigenvalue weighted by molar-refractivity contribution is 0.666. The molecule has 0 fully saturated rings. The van der Waals surface area contributed by atoms with Crippen LogP contribution in [-0.2, 0) is 0 Å². The Morgan fingerprint density at radius 2 is 0.965 bits per heavy atom. The highest BCUT2D eigenvalue weighted by Crippen LogP contribution is 2.47. The fourth-order valence-corrected chi connectivity index (χ4v) is 9.37. The maximum atomic E-state index is 6.59. The molecule has 0 saturated carbocycles. The van der Waals surface area contributed by atoms with Gasteiger partial charge in [-0.25, -0.2) is 9.97 Å². The summed E-state index contributed by atoms with van der Waals surface area (Å²) in [6, 6.07) is 64.7. The van der Waals surface area contributed by atoms with Gasteiger partial charge in [-0.2, -0.15) is 0 Å². The summed E-state index contributed by atoms with van der Waals surface area (Å²) in [5.74, 6) is 0.605. The van der Waals surface area contributed by atoms with Gasteiger partial charge in [0.25, 0.3) is 0 Å². The summed E-state index contributed by atoms with van der Waals surface area (Å²) in [6.07, 6.45) is 0. The third kappa shape index (κ3) is 4.23. The topological polar surface area (TPSA) is 48.3 Å². The summed E-state index contributed by atoms with van der Waals surface area (Å²) < 4.78 is 11.3. The number of hydrogen-bond acceptors (Lipinski definition) is 3. The van der Waals surface area contributed by atoms with Gasteiger partial charge in [0.15, 0.2) is 5.58 Å². The smallest absolute Gasteiger partial charge is 0.236 e. The first-order chi connectivity index (χ1) is 28.3. The highest BCUT2D eigenvalue weighted by Gasteiger charge is 2.26. The van der Waals surface area contributed by atoms with Crippen molar-refractivity contribution in [2.45, 2.75) is 0 Å². The molecule has 0 saturated heterocycles. The Morgan fingerprint density at radius 1 is 0.386 bits per heavy atom. The van der Waals surface area contributed by atoms with Crippen molar-refractivity contribution in [3.05, 3.63) is 182 Å². The van der Waals surface area contributed by atoms with Gasteiger partial charge in [-0.15, -0.1) is 0 Å². The van der Waals surface area contributed by atoms with Crippen molar-refractivity contribution in [1.29, 1.82) is 0 Å². The second-order valence-corrected chi connectivity index (χ2v) is 14.9. The normalized spacial score (nSPS) is 12.2. The van der Waals surface area contributed by atoms with Crippen LogP contribution in [0.2, 0.25) is 0 Å². The van der Waals surface area contributed by atoms with Crippen LogP contribution in [0.3, 0.4) is 0 Å². The summed E-state index contributed by atoms with van der Waals surface area (Å²) in [4.78, 5) is 10.9. The van der Waals surface area contributed by atoms with Gasteiger partial charge in [-0.05, 0) is 64.7 Å². The second kappa shape index (κ2) is 11.4. The molecule has 13 rings (SSSR count). The molecule has 0 atom stereocenters. The molecule has 0 radical (unpaired) electrons. The molecule has 0 bridgehead atoms. The number of fused-ring (bicyclic) bond motifs is 13. The molecule has 57 heavy (non-hydrogen) atoms. The minimum Gasteiger partial charge on any atom is -0.452 e. The number of para-hydroxylation sites is 3. The Hall–Kier alpha value is -7.76. The Morgan fingerprint density at radius 3 is 1.74 bits per heavy atom. The molecule has 0 unspecified atom stereocenters. The van der Waals surface area contributed by atoms with Crippen LogP contribution < -0.4 is 0 Å². The number of hydrogen-bond donors (Lipinski definition) is 0. The Kier molecular flexibility index (Phi) is 6.10. The minimum absolute atomic E-state index is 0.605. The van der Waals surface area contributed by atoms with Crippen LogP contribution >= 0.6 is 0 Å². The molecule has 0 spiro atoms. The fourth-order valence-electron chi connectivity index (χ4n) is 9.37. The van der Waals surface area contributed by atoms with Gasteiger partial charge in [-0.3, -0.25) is 4.57 Å². The van der Waals surface area contributed by atoms with E-state index in [1.54, 1.807) is 0 Å². The molecular formula is C52H30N4O. The van der Waals surface area contributed by atoms with E-state index in [2.05, 4.69) is 167 Å². The van der Waals surface area contributed by atoms with E-state index in [9.17, 15) is 0 Å². The monoisotopic (exact) mass is 726 g/mol. The zero-order chi connectivity index (χ0) is 37.2. The van der Waals surface area contributed by atoms with Gasteiger partial charge < -0.3 is 8.82 Å². The number of benzene rings is 8. The third-order valence-electron chi connectivity index (χ3n) is 11.9. The summed E-state index contributed by atoms with van der Waals surface area (Å²) in [5.41, 5.74) is 14.5. The van der Waals surface area contributed by atoms with Crippen LogP contribution in [0.5, 0.6) is 0 Å². The summed E-state index contributed by atoms with van der Waals surface area (Å²) in [7, 11) is 0. The molecule has 5 aromatic heterocycles. The molecule has 5 heterocycles. The molecule has 5 heteroatoms. The molecule has 0 aliphatic carbocycles. The summed E-state index contributed by atoms with van der Waals surface area (Å²) in [5, 5.41) is 8.23. The largest absolute Gasteiger partial charge is 0.452 e. The van der Waals surface area contributed by atoms with E-state index in [-0.39, 0.29) is 0 Å². The first kappa shape index (κ1) is 30.6.